The van der Waals surface area contributed by atoms with E-state index in [0.29, 0.717) is 22.3 Å². The molecule has 0 unspecified atom stereocenters. The molecule has 0 aliphatic heterocycles. The Hall–Kier alpha value is -2.13. The average molecular weight is 305 g/mol. The Bertz CT molecular complexity index is 642. The monoisotopic (exact) mass is 304 g/mol. The summed E-state index contributed by atoms with van der Waals surface area (Å²) in [7, 11) is 0. The summed E-state index contributed by atoms with van der Waals surface area (Å²) in [4.78, 5) is 11.3. The first-order valence-electron chi connectivity index (χ1n) is 5.17. The van der Waals surface area contributed by atoms with Crippen LogP contribution in [-0.4, -0.2) is 10.2 Å². The lowest BCUT2D eigenvalue weighted by Crippen LogP contribution is -2.12. The summed E-state index contributed by atoms with van der Waals surface area (Å²) in [6, 6.07) is 9.29. The van der Waals surface area contributed by atoms with E-state index >= 15 is 0 Å². The quantitative estimate of drug-likeness (QED) is 0.909. The van der Waals surface area contributed by atoms with Gasteiger partial charge in [-0.1, -0.05) is 12.1 Å². The molecule has 1 aromatic carbocycles. The Labute approximate surface area is 112 Å². The summed E-state index contributed by atoms with van der Waals surface area (Å²) >= 11 is 3.19. The van der Waals surface area contributed by atoms with Crippen molar-refractivity contribution in [3.63, 3.8) is 0 Å². The second-order valence-electron chi connectivity index (χ2n) is 3.59. The van der Waals surface area contributed by atoms with E-state index in [0.717, 1.165) is 5.56 Å². The molecule has 0 amide bonds. The van der Waals surface area contributed by atoms with Crippen LogP contribution in [0.25, 0.3) is 0 Å². The molecule has 1 aromatic heterocycles. The first-order chi connectivity index (χ1) is 8.70. The third kappa shape index (κ3) is 2.76. The molecule has 0 saturated carbocycles. The molecule has 5 nitrogen and oxygen atoms in total. The van der Waals surface area contributed by atoms with Crippen LogP contribution in [-0.2, 0) is 6.54 Å². The van der Waals surface area contributed by atoms with Crippen molar-refractivity contribution < 1.29 is 0 Å². The van der Waals surface area contributed by atoms with Gasteiger partial charge in [-0.25, -0.2) is 5.10 Å². The molecule has 2 rings (SSSR count). The molecule has 90 valence electrons. The molecule has 0 aliphatic carbocycles. The Balaban J connectivity index is 2.09. The number of rotatable bonds is 3. The molecule has 18 heavy (non-hydrogen) atoms. The van der Waals surface area contributed by atoms with E-state index in [1.807, 2.05) is 12.1 Å². The maximum Gasteiger partial charge on any atom is 0.280 e. The van der Waals surface area contributed by atoms with Crippen molar-refractivity contribution in [2.75, 3.05) is 5.32 Å². The van der Waals surface area contributed by atoms with Crippen molar-refractivity contribution in [2.45, 2.75) is 6.54 Å². The average Bonchev–Trinajstić information content (AvgIpc) is 2.41. The minimum Gasteiger partial charge on any atom is -0.379 e. The minimum atomic E-state index is -0.278. The van der Waals surface area contributed by atoms with Crippen molar-refractivity contribution in [2.24, 2.45) is 0 Å². The molecule has 0 atom stereocenters. The summed E-state index contributed by atoms with van der Waals surface area (Å²) < 4.78 is 0.422. The molecule has 6 heteroatoms. The Morgan fingerprint density at radius 3 is 2.78 bits per heavy atom. The van der Waals surface area contributed by atoms with E-state index in [1.54, 1.807) is 12.1 Å². The number of hydrogen-bond donors (Lipinski definition) is 2. The third-order valence-corrected chi connectivity index (χ3v) is 3.15. The first-order valence-corrected chi connectivity index (χ1v) is 5.96. The number of H-pyrrole nitrogens is 1. The molecular formula is C12H9BrN4O. The maximum absolute atomic E-state index is 11.3. The van der Waals surface area contributed by atoms with Gasteiger partial charge >= 0.3 is 0 Å². The minimum absolute atomic E-state index is 0.278. The molecule has 2 N–H and O–H groups in total. The highest BCUT2D eigenvalue weighted by molar-refractivity contribution is 9.10. The molecule has 0 aliphatic rings. The molecular weight excluding hydrogens is 296 g/mol. The number of nitrogens with one attached hydrogen (secondary N) is 2. The lowest BCUT2D eigenvalue weighted by Gasteiger charge is -2.07. The van der Waals surface area contributed by atoms with Gasteiger partial charge in [-0.2, -0.15) is 10.4 Å². The van der Waals surface area contributed by atoms with Crippen LogP contribution in [0.3, 0.4) is 0 Å². The largest absolute Gasteiger partial charge is 0.379 e. The molecule has 0 bridgehead atoms. The zero-order chi connectivity index (χ0) is 13.0. The van der Waals surface area contributed by atoms with E-state index in [9.17, 15) is 4.79 Å². The van der Waals surface area contributed by atoms with Crippen molar-refractivity contribution in [3.05, 3.63) is 56.4 Å². The fraction of sp³-hybridized carbons (Fsp3) is 0.0833. The summed E-state index contributed by atoms with van der Waals surface area (Å²) in [5, 5.41) is 17.8. The van der Waals surface area contributed by atoms with Gasteiger partial charge in [-0.3, -0.25) is 4.79 Å². The van der Waals surface area contributed by atoms with Crippen molar-refractivity contribution in [3.8, 4) is 6.07 Å². The van der Waals surface area contributed by atoms with Crippen molar-refractivity contribution in [1.82, 2.24) is 10.2 Å². The number of anilines is 1. The van der Waals surface area contributed by atoms with Crippen LogP contribution in [0, 0.1) is 11.3 Å². The number of nitrogens with zero attached hydrogens (tertiary/aromatic N) is 2. The molecule has 1 heterocycles. The summed E-state index contributed by atoms with van der Waals surface area (Å²) in [5.41, 5.74) is 1.99. The summed E-state index contributed by atoms with van der Waals surface area (Å²) in [6.07, 6.45) is 1.54. The van der Waals surface area contributed by atoms with E-state index in [2.05, 4.69) is 37.5 Å². The van der Waals surface area contributed by atoms with E-state index < -0.39 is 0 Å². The van der Waals surface area contributed by atoms with Gasteiger partial charge in [0.2, 0.25) is 0 Å². The van der Waals surface area contributed by atoms with Gasteiger partial charge in [0, 0.05) is 6.54 Å². The van der Waals surface area contributed by atoms with Crippen LogP contribution in [0.5, 0.6) is 0 Å². The van der Waals surface area contributed by atoms with Crippen LogP contribution in [0.15, 0.2) is 39.7 Å². The van der Waals surface area contributed by atoms with Gasteiger partial charge in [0.15, 0.2) is 0 Å². The van der Waals surface area contributed by atoms with Gasteiger partial charge in [-0.15, -0.1) is 0 Å². The van der Waals surface area contributed by atoms with Gasteiger partial charge in [-0.05, 0) is 33.6 Å². The SMILES string of the molecule is N#Cc1ccc(CNc2cn[nH]c(=O)c2Br)cc1. The van der Waals surface area contributed by atoms with Gasteiger partial charge < -0.3 is 5.32 Å². The van der Waals surface area contributed by atoms with Crippen LogP contribution in [0.2, 0.25) is 0 Å². The predicted molar refractivity (Wildman–Crippen MR) is 71.0 cm³/mol. The summed E-state index contributed by atoms with van der Waals surface area (Å²) in [6.45, 7) is 0.551. The second kappa shape index (κ2) is 5.47. The smallest absolute Gasteiger partial charge is 0.280 e. The highest BCUT2D eigenvalue weighted by Gasteiger charge is 2.03. The Kier molecular flexibility index (Phi) is 3.75. The van der Waals surface area contributed by atoms with E-state index in [4.69, 9.17) is 5.26 Å². The standard InChI is InChI=1S/C12H9BrN4O/c13-11-10(7-16-17-12(11)18)15-6-9-3-1-8(5-14)2-4-9/h1-4,7H,6H2,(H2,15,17,18). The van der Waals surface area contributed by atoms with Gasteiger partial charge in [0.25, 0.3) is 5.56 Å². The lowest BCUT2D eigenvalue weighted by molar-refractivity contribution is 0.971. The first kappa shape index (κ1) is 12.3. The number of hydrogen-bond acceptors (Lipinski definition) is 4. The van der Waals surface area contributed by atoms with Crippen LogP contribution in [0.4, 0.5) is 5.69 Å². The van der Waals surface area contributed by atoms with Crippen LogP contribution >= 0.6 is 15.9 Å². The summed E-state index contributed by atoms with van der Waals surface area (Å²) in [5.74, 6) is 0. The topological polar surface area (TPSA) is 81.6 Å². The number of benzene rings is 1. The fourth-order valence-electron chi connectivity index (χ4n) is 1.40. The Morgan fingerprint density at radius 1 is 1.39 bits per heavy atom. The number of aromatic amines is 1. The number of halogens is 1. The second-order valence-corrected chi connectivity index (χ2v) is 4.38. The molecule has 0 saturated heterocycles. The van der Waals surface area contributed by atoms with E-state index in [1.165, 1.54) is 6.20 Å². The molecule has 0 radical (unpaired) electrons. The number of nitriles is 1. The van der Waals surface area contributed by atoms with E-state index in [-0.39, 0.29) is 5.56 Å². The third-order valence-electron chi connectivity index (χ3n) is 2.36. The molecule has 2 aromatic rings. The van der Waals surface area contributed by atoms with Crippen LogP contribution < -0.4 is 10.9 Å². The Morgan fingerprint density at radius 2 is 2.11 bits per heavy atom. The van der Waals surface area contributed by atoms with Crippen LogP contribution in [0.1, 0.15) is 11.1 Å². The molecule has 0 fully saturated rings. The van der Waals surface area contributed by atoms with Gasteiger partial charge in [0.05, 0.1) is 23.5 Å². The maximum atomic E-state index is 11.3. The van der Waals surface area contributed by atoms with Gasteiger partial charge in [0.1, 0.15) is 4.47 Å². The number of aromatic nitrogens is 2. The zero-order valence-electron chi connectivity index (χ0n) is 9.27. The zero-order valence-corrected chi connectivity index (χ0v) is 10.9. The van der Waals surface area contributed by atoms with Crippen molar-refractivity contribution in [1.29, 1.82) is 5.26 Å². The van der Waals surface area contributed by atoms with Crippen molar-refractivity contribution >= 4 is 21.6 Å². The predicted octanol–water partition coefficient (Wildman–Crippen LogP) is 2.02. The molecule has 0 spiro atoms. The highest BCUT2D eigenvalue weighted by atomic mass is 79.9. The normalized spacial score (nSPS) is 9.78. The highest BCUT2D eigenvalue weighted by Crippen LogP contribution is 2.16. The lowest BCUT2D eigenvalue weighted by atomic mass is 10.1. The fourth-order valence-corrected chi connectivity index (χ4v) is 1.73.